The lowest BCUT2D eigenvalue weighted by Crippen LogP contribution is -1.91. The summed E-state index contributed by atoms with van der Waals surface area (Å²) in [7, 11) is 0. The van der Waals surface area contributed by atoms with Crippen LogP contribution in [0.25, 0.3) is 0 Å². The molecular formula is C8H4BrNO. The molecule has 0 saturated heterocycles. The average molecular weight is 210 g/mol. The second-order valence-corrected chi connectivity index (χ2v) is 3.12. The van der Waals surface area contributed by atoms with E-state index in [0.717, 1.165) is 10.0 Å². The zero-order chi connectivity index (χ0) is 7.84. The van der Waals surface area contributed by atoms with Gasteiger partial charge in [0, 0.05) is 16.3 Å². The van der Waals surface area contributed by atoms with Crippen LogP contribution in [0.5, 0.6) is 0 Å². The number of carbonyl (C=O) groups is 1. The topological polar surface area (TPSA) is 29.4 Å². The van der Waals surface area contributed by atoms with E-state index in [1.807, 2.05) is 12.1 Å². The van der Waals surface area contributed by atoms with Crippen molar-refractivity contribution in [1.82, 2.24) is 0 Å². The highest BCUT2D eigenvalue weighted by molar-refractivity contribution is 9.10. The summed E-state index contributed by atoms with van der Waals surface area (Å²) >= 11 is 3.33. The molecule has 0 spiro atoms. The van der Waals surface area contributed by atoms with Crippen molar-refractivity contribution in [2.75, 3.05) is 0 Å². The second kappa shape index (κ2) is 2.27. The number of hydrogen-bond acceptors (Lipinski definition) is 1. The number of nitrogens with zero attached hydrogens (tertiary/aromatic N) is 1. The van der Waals surface area contributed by atoms with E-state index in [1.54, 1.807) is 12.3 Å². The van der Waals surface area contributed by atoms with Crippen molar-refractivity contribution < 1.29 is 4.79 Å². The molecule has 3 heteroatoms. The van der Waals surface area contributed by atoms with E-state index in [1.165, 1.54) is 0 Å². The summed E-state index contributed by atoms with van der Waals surface area (Å²) in [6, 6.07) is 5.49. The van der Waals surface area contributed by atoms with Gasteiger partial charge in [0.1, 0.15) is 0 Å². The van der Waals surface area contributed by atoms with Crippen LogP contribution in [0.3, 0.4) is 0 Å². The van der Waals surface area contributed by atoms with E-state index in [-0.39, 0.29) is 5.91 Å². The van der Waals surface area contributed by atoms with Crippen molar-refractivity contribution in [2.24, 2.45) is 4.99 Å². The molecule has 1 aromatic rings. The Morgan fingerprint density at radius 2 is 2.18 bits per heavy atom. The Balaban J connectivity index is 2.74. The molecule has 0 fully saturated rings. The maximum atomic E-state index is 11.0. The third-order valence-electron chi connectivity index (χ3n) is 1.59. The summed E-state index contributed by atoms with van der Waals surface area (Å²) in [6.45, 7) is 0. The number of rotatable bonds is 0. The summed E-state index contributed by atoms with van der Waals surface area (Å²) in [5.74, 6) is -0.152. The Bertz CT molecular complexity index is 357. The van der Waals surface area contributed by atoms with E-state index < -0.39 is 0 Å². The number of hydrogen-bond donors (Lipinski definition) is 0. The molecule has 0 radical (unpaired) electrons. The first-order chi connectivity index (χ1) is 5.29. The van der Waals surface area contributed by atoms with Gasteiger partial charge in [-0.25, -0.2) is 4.99 Å². The highest BCUT2D eigenvalue weighted by Crippen LogP contribution is 2.22. The van der Waals surface area contributed by atoms with Gasteiger partial charge < -0.3 is 0 Å². The SMILES string of the molecule is O=C1N=Cc2c(Br)cccc21. The minimum absolute atomic E-state index is 0.152. The molecule has 0 saturated carbocycles. The van der Waals surface area contributed by atoms with Gasteiger partial charge in [-0.05, 0) is 12.1 Å². The fraction of sp³-hybridized carbons (Fsp3) is 0. The molecule has 11 heavy (non-hydrogen) atoms. The Labute approximate surface area is 72.1 Å². The fourth-order valence-corrected chi connectivity index (χ4v) is 1.52. The third-order valence-corrected chi connectivity index (χ3v) is 2.29. The second-order valence-electron chi connectivity index (χ2n) is 2.26. The Hall–Kier alpha value is -0.960. The molecular weight excluding hydrogens is 206 g/mol. The van der Waals surface area contributed by atoms with Gasteiger partial charge in [0.25, 0.3) is 5.91 Å². The van der Waals surface area contributed by atoms with Crippen molar-refractivity contribution in [1.29, 1.82) is 0 Å². The summed E-state index contributed by atoms with van der Waals surface area (Å²) in [5.41, 5.74) is 1.57. The molecule has 0 aliphatic carbocycles. The molecule has 2 rings (SSSR count). The van der Waals surface area contributed by atoms with Crippen LogP contribution < -0.4 is 0 Å². The largest absolute Gasteiger partial charge is 0.277 e. The molecule has 1 heterocycles. The lowest BCUT2D eigenvalue weighted by molar-refractivity contribution is 0.101. The van der Waals surface area contributed by atoms with Gasteiger partial charge in [0.2, 0.25) is 0 Å². The van der Waals surface area contributed by atoms with Crippen LogP contribution in [0.15, 0.2) is 27.7 Å². The molecule has 54 valence electrons. The number of amides is 1. The van der Waals surface area contributed by atoms with Crippen molar-refractivity contribution in [3.63, 3.8) is 0 Å². The number of halogens is 1. The van der Waals surface area contributed by atoms with Crippen molar-refractivity contribution in [3.8, 4) is 0 Å². The number of carbonyl (C=O) groups excluding carboxylic acids is 1. The molecule has 0 aromatic heterocycles. The number of fused-ring (bicyclic) bond motifs is 1. The Kier molecular flexibility index (Phi) is 1.39. The molecule has 1 aromatic carbocycles. The van der Waals surface area contributed by atoms with E-state index in [0.29, 0.717) is 5.56 Å². The van der Waals surface area contributed by atoms with Gasteiger partial charge in [-0.15, -0.1) is 0 Å². The van der Waals surface area contributed by atoms with Crippen LogP contribution in [-0.2, 0) is 0 Å². The van der Waals surface area contributed by atoms with E-state index in [4.69, 9.17) is 0 Å². The standard InChI is InChI=1S/C8H4BrNO/c9-7-3-1-2-5-6(7)4-10-8(5)11/h1-4H. The van der Waals surface area contributed by atoms with Gasteiger partial charge in [0.05, 0.1) is 5.56 Å². The van der Waals surface area contributed by atoms with Crippen LogP contribution in [0.4, 0.5) is 0 Å². The molecule has 1 aliphatic rings. The van der Waals surface area contributed by atoms with Crippen LogP contribution in [0.1, 0.15) is 15.9 Å². The highest BCUT2D eigenvalue weighted by atomic mass is 79.9. The van der Waals surface area contributed by atoms with Crippen LogP contribution in [0.2, 0.25) is 0 Å². The molecule has 0 atom stereocenters. The Morgan fingerprint density at radius 3 is 2.91 bits per heavy atom. The first kappa shape index (κ1) is 6.73. The molecule has 1 amide bonds. The first-order valence-electron chi connectivity index (χ1n) is 3.16. The van der Waals surface area contributed by atoms with E-state index in [9.17, 15) is 4.79 Å². The summed E-state index contributed by atoms with van der Waals surface area (Å²) in [5, 5.41) is 0. The van der Waals surface area contributed by atoms with Crippen LogP contribution in [-0.4, -0.2) is 12.1 Å². The smallest absolute Gasteiger partial charge is 0.267 e. The monoisotopic (exact) mass is 209 g/mol. The zero-order valence-corrected chi connectivity index (χ0v) is 7.13. The molecule has 2 nitrogen and oxygen atoms in total. The highest BCUT2D eigenvalue weighted by Gasteiger charge is 2.16. The lowest BCUT2D eigenvalue weighted by Gasteiger charge is -1.95. The van der Waals surface area contributed by atoms with Crippen molar-refractivity contribution in [3.05, 3.63) is 33.8 Å². The number of aliphatic imine (C=N–C) groups is 1. The first-order valence-corrected chi connectivity index (χ1v) is 3.95. The maximum absolute atomic E-state index is 11.0. The fourth-order valence-electron chi connectivity index (χ4n) is 1.05. The minimum atomic E-state index is -0.152. The predicted octanol–water partition coefficient (Wildman–Crippen LogP) is 2.02. The van der Waals surface area contributed by atoms with E-state index in [2.05, 4.69) is 20.9 Å². The summed E-state index contributed by atoms with van der Waals surface area (Å²) < 4.78 is 0.921. The molecule has 0 bridgehead atoms. The Morgan fingerprint density at radius 1 is 1.36 bits per heavy atom. The maximum Gasteiger partial charge on any atom is 0.277 e. The predicted molar refractivity (Wildman–Crippen MR) is 46.1 cm³/mol. The van der Waals surface area contributed by atoms with Gasteiger partial charge >= 0.3 is 0 Å². The van der Waals surface area contributed by atoms with Crippen molar-refractivity contribution in [2.45, 2.75) is 0 Å². The normalized spacial score (nSPS) is 13.7. The zero-order valence-electron chi connectivity index (χ0n) is 5.54. The molecule has 0 unspecified atom stereocenters. The van der Waals surface area contributed by atoms with Crippen LogP contribution >= 0.6 is 15.9 Å². The van der Waals surface area contributed by atoms with Gasteiger partial charge in [-0.2, -0.15) is 0 Å². The number of benzene rings is 1. The minimum Gasteiger partial charge on any atom is -0.267 e. The quantitative estimate of drug-likeness (QED) is 0.644. The third kappa shape index (κ3) is 0.922. The van der Waals surface area contributed by atoms with Crippen LogP contribution in [0, 0.1) is 0 Å². The van der Waals surface area contributed by atoms with Gasteiger partial charge in [-0.3, -0.25) is 4.79 Å². The average Bonchev–Trinajstić information content (AvgIpc) is 2.35. The lowest BCUT2D eigenvalue weighted by atomic mass is 10.1. The van der Waals surface area contributed by atoms with Gasteiger partial charge in [-0.1, -0.05) is 22.0 Å². The summed E-state index contributed by atoms with van der Waals surface area (Å²) in [6.07, 6.45) is 1.59. The molecule has 0 N–H and O–H groups in total. The summed E-state index contributed by atoms with van der Waals surface area (Å²) in [4.78, 5) is 14.7. The van der Waals surface area contributed by atoms with Crippen molar-refractivity contribution >= 4 is 28.1 Å². The van der Waals surface area contributed by atoms with Gasteiger partial charge in [0.15, 0.2) is 0 Å². The van der Waals surface area contributed by atoms with E-state index >= 15 is 0 Å². The molecule has 1 aliphatic heterocycles.